The van der Waals surface area contributed by atoms with Crippen molar-refractivity contribution in [2.75, 3.05) is 13.2 Å². The van der Waals surface area contributed by atoms with Crippen LogP contribution in [0.4, 0.5) is 4.39 Å². The zero-order chi connectivity index (χ0) is 13.1. The lowest BCUT2D eigenvalue weighted by Crippen LogP contribution is -2.32. The Kier molecular flexibility index (Phi) is 3.93. The van der Waals surface area contributed by atoms with Crippen LogP contribution < -0.4 is 0 Å². The molecule has 0 aliphatic carbocycles. The summed E-state index contributed by atoms with van der Waals surface area (Å²) >= 11 is 0. The third-order valence-electron chi connectivity index (χ3n) is 3.38. The third kappa shape index (κ3) is 2.68. The number of rotatable bonds is 4. The van der Waals surface area contributed by atoms with Crippen LogP contribution in [0.1, 0.15) is 28.8 Å². The van der Waals surface area contributed by atoms with Gasteiger partial charge in [-0.1, -0.05) is 0 Å². The second kappa shape index (κ2) is 5.46. The number of carboxylic acid groups (broad SMARTS) is 1. The van der Waals surface area contributed by atoms with Crippen molar-refractivity contribution in [3.8, 4) is 0 Å². The lowest BCUT2D eigenvalue weighted by molar-refractivity contribution is 0.0696. The van der Waals surface area contributed by atoms with Gasteiger partial charge < -0.3 is 10.2 Å². The lowest BCUT2D eigenvalue weighted by atomic mass is 10.1. The van der Waals surface area contributed by atoms with Crippen molar-refractivity contribution < 1.29 is 19.4 Å². The molecule has 18 heavy (non-hydrogen) atoms. The summed E-state index contributed by atoms with van der Waals surface area (Å²) in [4.78, 5) is 12.8. The minimum atomic E-state index is -1.06. The van der Waals surface area contributed by atoms with Crippen molar-refractivity contribution in [2.24, 2.45) is 0 Å². The van der Waals surface area contributed by atoms with Gasteiger partial charge in [0.15, 0.2) is 0 Å². The number of carboxylic acids is 1. The van der Waals surface area contributed by atoms with Crippen molar-refractivity contribution in [2.45, 2.75) is 25.4 Å². The molecule has 1 saturated heterocycles. The average Bonchev–Trinajstić information content (AvgIpc) is 2.79. The third-order valence-corrected chi connectivity index (χ3v) is 3.38. The van der Waals surface area contributed by atoms with Crippen LogP contribution in [0.15, 0.2) is 18.2 Å². The summed E-state index contributed by atoms with van der Waals surface area (Å²) in [6.45, 7) is 1.21. The fourth-order valence-electron chi connectivity index (χ4n) is 2.36. The molecule has 0 saturated carbocycles. The van der Waals surface area contributed by atoms with Gasteiger partial charge in [-0.05, 0) is 37.6 Å². The van der Waals surface area contributed by atoms with E-state index in [9.17, 15) is 14.3 Å². The molecule has 0 bridgehead atoms. The first-order valence-electron chi connectivity index (χ1n) is 5.98. The van der Waals surface area contributed by atoms with Crippen LogP contribution in [0.2, 0.25) is 0 Å². The van der Waals surface area contributed by atoms with Crippen LogP contribution in [0, 0.1) is 5.82 Å². The highest BCUT2D eigenvalue weighted by Gasteiger charge is 2.24. The van der Waals surface area contributed by atoms with Crippen LogP contribution in [0.5, 0.6) is 0 Å². The molecule has 5 heteroatoms. The van der Waals surface area contributed by atoms with Gasteiger partial charge in [-0.15, -0.1) is 0 Å². The van der Waals surface area contributed by atoms with E-state index in [2.05, 4.69) is 0 Å². The van der Waals surface area contributed by atoms with Gasteiger partial charge in [-0.25, -0.2) is 9.18 Å². The van der Waals surface area contributed by atoms with E-state index in [1.165, 1.54) is 18.2 Å². The molecule has 0 aromatic heterocycles. The first-order valence-corrected chi connectivity index (χ1v) is 5.98. The molecule has 2 rings (SSSR count). The Hall–Kier alpha value is -1.46. The highest BCUT2D eigenvalue weighted by molar-refractivity contribution is 5.87. The predicted octanol–water partition coefficient (Wildman–Crippen LogP) is 1.48. The molecule has 0 radical (unpaired) electrons. The normalized spacial score (nSPS) is 20.2. The minimum absolute atomic E-state index is 0.0536. The van der Waals surface area contributed by atoms with E-state index in [1.54, 1.807) is 0 Å². The van der Waals surface area contributed by atoms with Crippen LogP contribution >= 0.6 is 0 Å². The van der Waals surface area contributed by atoms with E-state index in [4.69, 9.17) is 5.11 Å². The SMILES string of the molecule is O=C(O)c1ccc(F)c(CN2CCCC2CO)c1. The molecule has 1 aliphatic rings. The zero-order valence-electron chi connectivity index (χ0n) is 9.97. The van der Waals surface area contributed by atoms with E-state index < -0.39 is 11.8 Å². The zero-order valence-corrected chi connectivity index (χ0v) is 9.97. The number of benzene rings is 1. The summed E-state index contributed by atoms with van der Waals surface area (Å²) in [7, 11) is 0. The average molecular weight is 253 g/mol. The maximum absolute atomic E-state index is 13.6. The molecule has 1 heterocycles. The molecule has 1 atom stereocenters. The van der Waals surface area contributed by atoms with Crippen molar-refractivity contribution in [3.63, 3.8) is 0 Å². The summed E-state index contributed by atoms with van der Waals surface area (Å²) in [5.41, 5.74) is 0.460. The molecule has 1 unspecified atom stereocenters. The first-order chi connectivity index (χ1) is 8.61. The second-order valence-corrected chi connectivity index (χ2v) is 4.56. The fraction of sp³-hybridized carbons (Fsp3) is 0.462. The van der Waals surface area contributed by atoms with Crippen LogP contribution in [0.25, 0.3) is 0 Å². The van der Waals surface area contributed by atoms with Crippen LogP contribution in [-0.2, 0) is 6.54 Å². The first kappa shape index (κ1) is 13.0. The minimum Gasteiger partial charge on any atom is -0.478 e. The van der Waals surface area contributed by atoms with Gasteiger partial charge in [0, 0.05) is 18.2 Å². The second-order valence-electron chi connectivity index (χ2n) is 4.56. The Morgan fingerprint density at radius 2 is 2.28 bits per heavy atom. The van der Waals surface area contributed by atoms with Crippen molar-refractivity contribution >= 4 is 5.97 Å². The summed E-state index contributed by atoms with van der Waals surface area (Å²) in [6, 6.07) is 3.86. The van der Waals surface area contributed by atoms with E-state index >= 15 is 0 Å². The standard InChI is InChI=1S/C13H16FNO3/c14-12-4-3-9(13(17)18)6-10(12)7-15-5-1-2-11(15)8-16/h3-4,6,11,16H,1-2,5,7-8H2,(H,17,18). The maximum Gasteiger partial charge on any atom is 0.335 e. The number of nitrogens with zero attached hydrogens (tertiary/aromatic N) is 1. The summed E-state index contributed by atoms with van der Waals surface area (Å²) < 4.78 is 13.6. The number of aliphatic hydroxyl groups is 1. The molecule has 98 valence electrons. The van der Waals surface area contributed by atoms with E-state index in [0.717, 1.165) is 19.4 Å². The Morgan fingerprint density at radius 1 is 1.50 bits per heavy atom. The quantitative estimate of drug-likeness (QED) is 0.853. The predicted molar refractivity (Wildman–Crippen MR) is 63.9 cm³/mol. The molecule has 4 nitrogen and oxygen atoms in total. The van der Waals surface area contributed by atoms with Gasteiger partial charge in [0.25, 0.3) is 0 Å². The summed E-state index contributed by atoms with van der Waals surface area (Å²) in [5, 5.41) is 18.1. The number of hydrogen-bond donors (Lipinski definition) is 2. The number of aliphatic hydroxyl groups excluding tert-OH is 1. The highest BCUT2D eigenvalue weighted by atomic mass is 19.1. The van der Waals surface area contributed by atoms with Gasteiger partial charge in [-0.2, -0.15) is 0 Å². The maximum atomic E-state index is 13.6. The van der Waals surface area contributed by atoms with Gasteiger partial charge in [0.05, 0.1) is 12.2 Å². The summed E-state index contributed by atoms with van der Waals surface area (Å²) in [6.07, 6.45) is 1.88. The van der Waals surface area contributed by atoms with Crippen LogP contribution in [0.3, 0.4) is 0 Å². The largest absolute Gasteiger partial charge is 0.478 e. The summed E-state index contributed by atoms with van der Waals surface area (Å²) in [5.74, 6) is -1.46. The topological polar surface area (TPSA) is 60.8 Å². The Balaban J connectivity index is 2.17. The molecular weight excluding hydrogens is 237 g/mol. The molecule has 1 aliphatic heterocycles. The Bertz CT molecular complexity index is 450. The van der Waals surface area contributed by atoms with E-state index in [0.29, 0.717) is 12.1 Å². The molecule has 0 spiro atoms. The molecule has 0 amide bonds. The fourth-order valence-corrected chi connectivity index (χ4v) is 2.36. The Labute approximate surface area is 105 Å². The number of hydrogen-bond acceptors (Lipinski definition) is 3. The van der Waals surface area contributed by atoms with Crippen LogP contribution in [-0.4, -0.2) is 40.3 Å². The Morgan fingerprint density at radius 3 is 2.94 bits per heavy atom. The van der Waals surface area contributed by atoms with Gasteiger partial charge in [0.1, 0.15) is 5.82 Å². The van der Waals surface area contributed by atoms with Crippen molar-refractivity contribution in [3.05, 3.63) is 35.1 Å². The van der Waals surface area contributed by atoms with Gasteiger partial charge >= 0.3 is 5.97 Å². The van der Waals surface area contributed by atoms with Crippen molar-refractivity contribution in [1.82, 2.24) is 4.90 Å². The lowest BCUT2D eigenvalue weighted by Gasteiger charge is -2.22. The highest BCUT2D eigenvalue weighted by Crippen LogP contribution is 2.21. The monoisotopic (exact) mass is 253 g/mol. The number of carbonyl (C=O) groups is 1. The smallest absolute Gasteiger partial charge is 0.335 e. The van der Waals surface area contributed by atoms with Gasteiger partial charge in [-0.3, -0.25) is 4.90 Å². The molecule has 1 aromatic rings. The number of likely N-dealkylation sites (tertiary alicyclic amines) is 1. The molecule has 2 N–H and O–H groups in total. The van der Waals surface area contributed by atoms with Crippen molar-refractivity contribution in [1.29, 1.82) is 0 Å². The van der Waals surface area contributed by atoms with E-state index in [-0.39, 0.29) is 18.2 Å². The van der Waals surface area contributed by atoms with E-state index in [1.807, 2.05) is 4.90 Å². The molecular formula is C13H16FNO3. The van der Waals surface area contributed by atoms with Gasteiger partial charge in [0.2, 0.25) is 0 Å². The number of halogens is 1. The molecule has 1 aromatic carbocycles. The number of aromatic carboxylic acids is 1. The molecule has 1 fully saturated rings.